The van der Waals surface area contributed by atoms with Crippen LogP contribution in [0.4, 0.5) is 0 Å². The molecule has 0 unspecified atom stereocenters. The Hall–Kier alpha value is -2.53. The minimum Gasteiger partial charge on any atom is -0.392 e. The van der Waals surface area contributed by atoms with Crippen molar-refractivity contribution in [2.75, 3.05) is 0 Å². The van der Waals surface area contributed by atoms with Gasteiger partial charge in [-0.15, -0.1) is 0 Å². The van der Waals surface area contributed by atoms with Crippen LogP contribution in [0.2, 0.25) is 0 Å². The lowest BCUT2D eigenvalue weighted by atomic mass is 10.1. The van der Waals surface area contributed by atoms with E-state index < -0.39 is 0 Å². The highest BCUT2D eigenvalue weighted by Gasteiger charge is 2.05. The molecule has 0 atom stereocenters. The number of rotatable bonds is 5. The maximum atomic E-state index is 9.20. The first kappa shape index (κ1) is 14.4. The van der Waals surface area contributed by atoms with Gasteiger partial charge in [0.15, 0.2) is 5.82 Å². The molecule has 0 fully saturated rings. The molecule has 0 amide bonds. The van der Waals surface area contributed by atoms with Gasteiger partial charge in [-0.25, -0.2) is 9.97 Å². The van der Waals surface area contributed by atoms with Gasteiger partial charge in [0, 0.05) is 41.8 Å². The molecule has 0 bridgehead atoms. The van der Waals surface area contributed by atoms with E-state index in [-0.39, 0.29) is 6.61 Å². The van der Waals surface area contributed by atoms with E-state index in [1.807, 2.05) is 41.3 Å². The summed E-state index contributed by atoms with van der Waals surface area (Å²) < 4.78 is 1.92. The van der Waals surface area contributed by atoms with Crippen LogP contribution in [0.15, 0.2) is 49.1 Å². The summed E-state index contributed by atoms with van der Waals surface area (Å²) in [6.45, 7) is 3.05. The van der Waals surface area contributed by atoms with E-state index in [2.05, 4.69) is 22.0 Å². The second-order valence-corrected chi connectivity index (χ2v) is 5.15. The molecule has 3 aromatic rings. The summed E-state index contributed by atoms with van der Waals surface area (Å²) in [5.74, 6) is 0.653. The fraction of sp³-hybridized carbons (Fsp3) is 0.235. The number of hydrogen-bond donors (Lipinski definition) is 1. The van der Waals surface area contributed by atoms with Crippen molar-refractivity contribution in [1.82, 2.24) is 19.7 Å². The predicted molar refractivity (Wildman–Crippen MR) is 84.9 cm³/mol. The normalized spacial score (nSPS) is 10.8. The van der Waals surface area contributed by atoms with Crippen LogP contribution in [-0.2, 0) is 13.2 Å². The van der Waals surface area contributed by atoms with Gasteiger partial charge in [0.25, 0.3) is 0 Å². The molecule has 0 radical (unpaired) electrons. The molecule has 5 nitrogen and oxygen atoms in total. The number of aliphatic hydroxyl groups is 1. The van der Waals surface area contributed by atoms with Crippen LogP contribution in [0.3, 0.4) is 0 Å². The van der Waals surface area contributed by atoms with E-state index in [4.69, 9.17) is 0 Å². The summed E-state index contributed by atoms with van der Waals surface area (Å²) in [5, 5.41) is 13.5. The van der Waals surface area contributed by atoms with Crippen molar-refractivity contribution in [2.45, 2.75) is 26.5 Å². The summed E-state index contributed by atoms with van der Waals surface area (Å²) in [7, 11) is 0. The average Bonchev–Trinajstić information content (AvgIpc) is 3.04. The largest absolute Gasteiger partial charge is 0.392 e. The molecule has 22 heavy (non-hydrogen) atoms. The van der Waals surface area contributed by atoms with Crippen LogP contribution in [0.5, 0.6) is 0 Å². The zero-order valence-corrected chi connectivity index (χ0v) is 12.5. The molecular weight excluding hydrogens is 276 g/mol. The third-order valence-corrected chi connectivity index (χ3v) is 3.44. The Kier molecular flexibility index (Phi) is 4.25. The summed E-state index contributed by atoms with van der Waals surface area (Å²) in [6.07, 6.45) is 8.51. The monoisotopic (exact) mass is 294 g/mol. The highest BCUT2D eigenvalue weighted by Crippen LogP contribution is 2.20. The zero-order valence-electron chi connectivity index (χ0n) is 12.5. The van der Waals surface area contributed by atoms with Crippen LogP contribution >= 0.6 is 0 Å². The maximum absolute atomic E-state index is 9.20. The molecule has 3 rings (SSSR count). The highest BCUT2D eigenvalue weighted by molar-refractivity contribution is 5.62. The van der Waals surface area contributed by atoms with Gasteiger partial charge >= 0.3 is 0 Å². The van der Waals surface area contributed by atoms with E-state index in [1.165, 1.54) is 0 Å². The van der Waals surface area contributed by atoms with Crippen LogP contribution < -0.4 is 0 Å². The van der Waals surface area contributed by atoms with Crippen molar-refractivity contribution in [2.24, 2.45) is 0 Å². The van der Waals surface area contributed by atoms with Gasteiger partial charge in [0.2, 0.25) is 0 Å². The average molecular weight is 294 g/mol. The molecule has 1 aromatic carbocycles. The molecule has 0 spiro atoms. The van der Waals surface area contributed by atoms with E-state index in [9.17, 15) is 5.11 Å². The van der Waals surface area contributed by atoms with E-state index in [0.29, 0.717) is 5.82 Å². The third-order valence-electron chi connectivity index (χ3n) is 3.44. The Morgan fingerprint density at radius 1 is 1.05 bits per heavy atom. The molecule has 0 saturated carbocycles. The Bertz CT molecular complexity index is 749. The van der Waals surface area contributed by atoms with Crippen LogP contribution in [0.1, 0.15) is 18.9 Å². The lowest BCUT2D eigenvalue weighted by molar-refractivity contribution is 0.282. The number of benzene rings is 1. The highest BCUT2D eigenvalue weighted by atomic mass is 16.3. The van der Waals surface area contributed by atoms with Crippen LogP contribution in [-0.4, -0.2) is 24.9 Å². The van der Waals surface area contributed by atoms with Gasteiger partial charge in [0.1, 0.15) is 0 Å². The van der Waals surface area contributed by atoms with Gasteiger partial charge in [-0.3, -0.25) is 4.68 Å². The fourth-order valence-electron chi connectivity index (χ4n) is 2.30. The molecule has 0 aliphatic carbocycles. The minimum atomic E-state index is 0.0164. The molecule has 0 aliphatic heterocycles. The van der Waals surface area contributed by atoms with Crippen molar-refractivity contribution >= 4 is 0 Å². The summed E-state index contributed by atoms with van der Waals surface area (Å²) >= 11 is 0. The standard InChI is InChI=1S/C17H18N4O/c1-2-6-21-11-16(10-20-21)15-8-18-17(19-9-15)14-5-3-4-13(7-14)12-22/h3-5,7-11,22H,2,6,12H2,1H3. The van der Waals surface area contributed by atoms with Crippen molar-refractivity contribution in [3.05, 3.63) is 54.6 Å². The van der Waals surface area contributed by atoms with Crippen molar-refractivity contribution in [3.63, 3.8) is 0 Å². The third kappa shape index (κ3) is 3.04. The first-order chi connectivity index (χ1) is 10.8. The Morgan fingerprint density at radius 3 is 2.59 bits per heavy atom. The Labute approximate surface area is 129 Å². The van der Waals surface area contributed by atoms with E-state index in [0.717, 1.165) is 35.2 Å². The second kappa shape index (κ2) is 6.49. The second-order valence-electron chi connectivity index (χ2n) is 5.15. The lowest BCUT2D eigenvalue weighted by Crippen LogP contribution is -1.95. The van der Waals surface area contributed by atoms with Gasteiger partial charge < -0.3 is 5.11 Å². The molecule has 112 valence electrons. The SMILES string of the molecule is CCCn1cc(-c2cnc(-c3cccc(CO)c3)nc2)cn1. The zero-order chi connectivity index (χ0) is 15.4. The number of aryl methyl sites for hydroxylation is 1. The minimum absolute atomic E-state index is 0.0164. The maximum Gasteiger partial charge on any atom is 0.159 e. The predicted octanol–water partition coefficient (Wildman–Crippen LogP) is 2.91. The van der Waals surface area contributed by atoms with Gasteiger partial charge in [-0.2, -0.15) is 5.10 Å². The van der Waals surface area contributed by atoms with Crippen molar-refractivity contribution < 1.29 is 5.11 Å². The Balaban J connectivity index is 1.85. The number of hydrogen-bond acceptors (Lipinski definition) is 4. The molecule has 1 N–H and O–H groups in total. The number of aliphatic hydroxyl groups excluding tert-OH is 1. The summed E-state index contributed by atoms with van der Waals surface area (Å²) in [6, 6.07) is 7.61. The first-order valence-electron chi connectivity index (χ1n) is 7.35. The molecular formula is C17H18N4O. The first-order valence-corrected chi connectivity index (χ1v) is 7.35. The topological polar surface area (TPSA) is 63.8 Å². The smallest absolute Gasteiger partial charge is 0.159 e. The van der Waals surface area contributed by atoms with Crippen LogP contribution in [0, 0.1) is 0 Å². The number of aromatic nitrogens is 4. The molecule has 0 saturated heterocycles. The molecule has 2 aromatic heterocycles. The van der Waals surface area contributed by atoms with Gasteiger partial charge in [0.05, 0.1) is 12.8 Å². The summed E-state index contributed by atoms with van der Waals surface area (Å²) in [4.78, 5) is 8.85. The van der Waals surface area contributed by atoms with Crippen LogP contribution in [0.25, 0.3) is 22.5 Å². The van der Waals surface area contributed by atoms with E-state index >= 15 is 0 Å². The molecule has 5 heteroatoms. The quantitative estimate of drug-likeness (QED) is 0.786. The van der Waals surface area contributed by atoms with E-state index in [1.54, 1.807) is 12.4 Å². The van der Waals surface area contributed by atoms with Gasteiger partial charge in [-0.05, 0) is 18.1 Å². The Morgan fingerprint density at radius 2 is 1.86 bits per heavy atom. The van der Waals surface area contributed by atoms with Gasteiger partial charge in [-0.1, -0.05) is 25.1 Å². The number of nitrogens with zero attached hydrogens (tertiary/aromatic N) is 4. The van der Waals surface area contributed by atoms with Crippen molar-refractivity contribution in [1.29, 1.82) is 0 Å². The summed E-state index contributed by atoms with van der Waals surface area (Å²) in [5.41, 5.74) is 3.72. The molecule has 2 heterocycles. The molecule has 0 aliphatic rings. The van der Waals surface area contributed by atoms with Crippen molar-refractivity contribution in [3.8, 4) is 22.5 Å². The lowest BCUT2D eigenvalue weighted by Gasteiger charge is -2.03. The fourth-order valence-corrected chi connectivity index (χ4v) is 2.30.